The molecule has 18 heavy (non-hydrogen) atoms. The van der Waals surface area contributed by atoms with Gasteiger partial charge < -0.3 is 15.4 Å². The van der Waals surface area contributed by atoms with Gasteiger partial charge in [-0.1, -0.05) is 13.8 Å². The fraction of sp³-hybridized carbons (Fsp3) is 1.00. The Labute approximate surface area is 107 Å². The van der Waals surface area contributed by atoms with Crippen molar-refractivity contribution in [3.63, 3.8) is 0 Å². The maximum atomic E-state index is 11.7. The van der Waals surface area contributed by atoms with Crippen LogP contribution >= 0.6 is 0 Å². The van der Waals surface area contributed by atoms with Crippen molar-refractivity contribution in [3.8, 4) is 0 Å². The van der Waals surface area contributed by atoms with E-state index in [2.05, 4.69) is 29.2 Å². The van der Waals surface area contributed by atoms with E-state index in [9.17, 15) is 13.2 Å². The average Bonchev–Trinajstić information content (AvgIpc) is 2.24. The molecular formula is C12H25F3N2O. The Balaban J connectivity index is 3.04. The van der Waals surface area contributed by atoms with Crippen molar-refractivity contribution in [1.82, 2.24) is 10.6 Å². The molecular weight excluding hydrogens is 245 g/mol. The fourth-order valence-electron chi connectivity index (χ4n) is 1.34. The quantitative estimate of drug-likeness (QED) is 0.565. The summed E-state index contributed by atoms with van der Waals surface area (Å²) >= 11 is 0. The van der Waals surface area contributed by atoms with E-state index in [0.717, 1.165) is 26.1 Å². The highest BCUT2D eigenvalue weighted by Crippen LogP contribution is 2.14. The average molecular weight is 270 g/mol. The van der Waals surface area contributed by atoms with Gasteiger partial charge >= 0.3 is 6.18 Å². The summed E-state index contributed by atoms with van der Waals surface area (Å²) in [6, 6.07) is 0. The molecule has 0 aliphatic rings. The van der Waals surface area contributed by atoms with Crippen LogP contribution in [0.15, 0.2) is 0 Å². The molecule has 3 nitrogen and oxygen atoms in total. The lowest BCUT2D eigenvalue weighted by atomic mass is 10.2. The second-order valence-corrected chi connectivity index (χ2v) is 4.72. The maximum Gasteiger partial charge on any atom is 0.411 e. The van der Waals surface area contributed by atoms with Gasteiger partial charge in [-0.3, -0.25) is 0 Å². The largest absolute Gasteiger partial charge is 0.411 e. The molecule has 0 saturated carbocycles. The third-order valence-corrected chi connectivity index (χ3v) is 2.17. The summed E-state index contributed by atoms with van der Waals surface area (Å²) < 4.78 is 39.6. The molecule has 0 saturated heterocycles. The molecule has 0 heterocycles. The first-order valence-electron chi connectivity index (χ1n) is 6.48. The van der Waals surface area contributed by atoms with Crippen molar-refractivity contribution in [2.45, 2.75) is 32.9 Å². The van der Waals surface area contributed by atoms with Crippen molar-refractivity contribution in [2.24, 2.45) is 5.92 Å². The highest BCUT2D eigenvalue weighted by atomic mass is 19.4. The van der Waals surface area contributed by atoms with Gasteiger partial charge in [0.25, 0.3) is 0 Å². The third kappa shape index (κ3) is 15.7. The van der Waals surface area contributed by atoms with Crippen molar-refractivity contribution < 1.29 is 17.9 Å². The Bertz CT molecular complexity index is 187. The summed E-state index contributed by atoms with van der Waals surface area (Å²) in [6.45, 7) is 6.88. The van der Waals surface area contributed by atoms with E-state index in [-0.39, 0.29) is 6.61 Å². The second kappa shape index (κ2) is 10.6. The molecule has 0 unspecified atom stereocenters. The maximum absolute atomic E-state index is 11.7. The van der Waals surface area contributed by atoms with E-state index in [0.29, 0.717) is 18.9 Å². The van der Waals surface area contributed by atoms with Gasteiger partial charge in [0.05, 0.1) is 0 Å². The van der Waals surface area contributed by atoms with Gasteiger partial charge in [-0.05, 0) is 44.9 Å². The van der Waals surface area contributed by atoms with Gasteiger partial charge in [-0.2, -0.15) is 13.2 Å². The SMILES string of the molecule is CC(C)CNCCCNCCCOCC(F)(F)F. The standard InChI is InChI=1S/C12H25F3N2O/c1-11(2)9-17-6-3-5-16-7-4-8-18-10-12(13,14)15/h11,16-17H,3-10H2,1-2H3. The predicted octanol–water partition coefficient (Wildman–Crippen LogP) is 2.18. The first-order valence-corrected chi connectivity index (χ1v) is 6.48. The molecule has 0 atom stereocenters. The number of alkyl halides is 3. The van der Waals surface area contributed by atoms with Gasteiger partial charge in [0.1, 0.15) is 6.61 Å². The van der Waals surface area contributed by atoms with Crippen LogP contribution in [0.5, 0.6) is 0 Å². The normalized spacial score (nSPS) is 12.3. The predicted molar refractivity (Wildman–Crippen MR) is 66.7 cm³/mol. The smallest absolute Gasteiger partial charge is 0.372 e. The second-order valence-electron chi connectivity index (χ2n) is 4.72. The van der Waals surface area contributed by atoms with Crippen LogP contribution in [0.3, 0.4) is 0 Å². The lowest BCUT2D eigenvalue weighted by molar-refractivity contribution is -0.173. The Morgan fingerprint density at radius 1 is 1.00 bits per heavy atom. The molecule has 110 valence electrons. The number of halogens is 3. The van der Waals surface area contributed by atoms with Crippen LogP contribution in [-0.4, -0.2) is 45.6 Å². The van der Waals surface area contributed by atoms with Crippen molar-refractivity contribution >= 4 is 0 Å². The van der Waals surface area contributed by atoms with Crippen LogP contribution in [0, 0.1) is 5.92 Å². The monoisotopic (exact) mass is 270 g/mol. The number of hydrogen-bond acceptors (Lipinski definition) is 3. The Morgan fingerprint density at radius 3 is 2.22 bits per heavy atom. The Hall–Kier alpha value is -0.330. The van der Waals surface area contributed by atoms with Crippen LogP contribution in [0.1, 0.15) is 26.7 Å². The minimum absolute atomic E-state index is 0.151. The van der Waals surface area contributed by atoms with Gasteiger partial charge in [-0.25, -0.2) is 0 Å². The lowest BCUT2D eigenvalue weighted by Gasteiger charge is -2.09. The summed E-state index contributed by atoms with van der Waals surface area (Å²) in [5, 5.41) is 6.49. The molecule has 0 fully saturated rings. The Kier molecular flexibility index (Phi) is 10.4. The first-order chi connectivity index (χ1) is 8.42. The lowest BCUT2D eigenvalue weighted by Crippen LogP contribution is -2.25. The molecule has 6 heteroatoms. The van der Waals surface area contributed by atoms with E-state index < -0.39 is 12.8 Å². The summed E-state index contributed by atoms with van der Waals surface area (Å²) in [6.07, 6.45) is -2.58. The van der Waals surface area contributed by atoms with Gasteiger partial charge in [0, 0.05) is 6.61 Å². The van der Waals surface area contributed by atoms with Crippen molar-refractivity contribution in [3.05, 3.63) is 0 Å². The highest BCUT2D eigenvalue weighted by molar-refractivity contribution is 4.54. The molecule has 0 aromatic rings. The molecule has 0 spiro atoms. The molecule has 0 bridgehead atoms. The summed E-state index contributed by atoms with van der Waals surface area (Å²) in [4.78, 5) is 0. The first kappa shape index (κ1) is 17.7. The van der Waals surface area contributed by atoms with Gasteiger partial charge in [0.2, 0.25) is 0 Å². The zero-order valence-corrected chi connectivity index (χ0v) is 11.3. The summed E-state index contributed by atoms with van der Waals surface area (Å²) in [5.41, 5.74) is 0. The van der Waals surface area contributed by atoms with Crippen LogP contribution in [-0.2, 0) is 4.74 Å². The zero-order valence-electron chi connectivity index (χ0n) is 11.3. The van der Waals surface area contributed by atoms with Gasteiger partial charge in [-0.15, -0.1) is 0 Å². The molecule has 0 aromatic carbocycles. The van der Waals surface area contributed by atoms with Gasteiger partial charge in [0.15, 0.2) is 0 Å². The van der Waals surface area contributed by atoms with E-state index in [1.807, 2.05) is 0 Å². The van der Waals surface area contributed by atoms with Crippen LogP contribution in [0.4, 0.5) is 13.2 Å². The molecule has 0 amide bonds. The highest BCUT2D eigenvalue weighted by Gasteiger charge is 2.26. The number of ether oxygens (including phenoxy) is 1. The summed E-state index contributed by atoms with van der Waals surface area (Å²) in [5.74, 6) is 0.656. The van der Waals surface area contributed by atoms with E-state index in [1.165, 1.54) is 0 Å². The van der Waals surface area contributed by atoms with E-state index in [1.54, 1.807) is 0 Å². The summed E-state index contributed by atoms with van der Waals surface area (Å²) in [7, 11) is 0. The minimum Gasteiger partial charge on any atom is -0.372 e. The number of rotatable bonds is 11. The molecule has 0 aromatic heterocycles. The topological polar surface area (TPSA) is 33.3 Å². The molecule has 0 radical (unpaired) electrons. The number of nitrogens with one attached hydrogen (secondary N) is 2. The molecule has 2 N–H and O–H groups in total. The van der Waals surface area contributed by atoms with E-state index in [4.69, 9.17) is 0 Å². The van der Waals surface area contributed by atoms with Crippen molar-refractivity contribution in [2.75, 3.05) is 39.4 Å². The Morgan fingerprint density at radius 2 is 1.61 bits per heavy atom. The molecule has 0 aliphatic carbocycles. The molecule has 0 rings (SSSR count). The van der Waals surface area contributed by atoms with Crippen LogP contribution in [0.25, 0.3) is 0 Å². The zero-order chi connectivity index (χ0) is 13.9. The third-order valence-electron chi connectivity index (χ3n) is 2.17. The van der Waals surface area contributed by atoms with Crippen molar-refractivity contribution in [1.29, 1.82) is 0 Å². The molecule has 0 aliphatic heterocycles. The van der Waals surface area contributed by atoms with E-state index >= 15 is 0 Å². The van der Waals surface area contributed by atoms with Crippen LogP contribution < -0.4 is 10.6 Å². The minimum atomic E-state index is -4.21. The van der Waals surface area contributed by atoms with Crippen LogP contribution in [0.2, 0.25) is 0 Å². The number of hydrogen-bond donors (Lipinski definition) is 2. The fourth-order valence-corrected chi connectivity index (χ4v) is 1.34.